The maximum Gasteiger partial charge on any atom is 0.132 e. The highest BCUT2D eigenvalue weighted by atomic mass is 79.9. The van der Waals surface area contributed by atoms with Crippen molar-refractivity contribution < 1.29 is 9.47 Å². The first kappa shape index (κ1) is 13.0. The predicted octanol–water partition coefficient (Wildman–Crippen LogP) is 3.18. The van der Waals surface area contributed by atoms with E-state index in [0.29, 0.717) is 0 Å². The van der Waals surface area contributed by atoms with E-state index in [-0.39, 0.29) is 0 Å². The van der Waals surface area contributed by atoms with Gasteiger partial charge in [0.05, 0.1) is 20.5 Å². The van der Waals surface area contributed by atoms with E-state index in [1.165, 1.54) is 0 Å². The number of hydrogen-bond donors (Lipinski definition) is 0. The van der Waals surface area contributed by atoms with Gasteiger partial charge in [0, 0.05) is 18.7 Å². The van der Waals surface area contributed by atoms with Gasteiger partial charge in [-0.05, 0) is 34.5 Å². The maximum atomic E-state index is 5.44. The molecule has 0 N–H and O–H groups in total. The molecule has 0 aliphatic rings. The molecule has 1 aromatic heterocycles. The van der Waals surface area contributed by atoms with Crippen molar-refractivity contribution >= 4 is 15.9 Å². The molecule has 0 radical (unpaired) electrons. The largest absolute Gasteiger partial charge is 0.497 e. The van der Waals surface area contributed by atoms with Gasteiger partial charge in [-0.25, -0.2) is 4.98 Å². The zero-order valence-corrected chi connectivity index (χ0v) is 12.4. The van der Waals surface area contributed by atoms with Gasteiger partial charge in [-0.1, -0.05) is 0 Å². The van der Waals surface area contributed by atoms with Crippen molar-refractivity contribution in [2.45, 2.75) is 6.92 Å². The Kier molecular flexibility index (Phi) is 3.61. The Morgan fingerprint density at radius 2 is 1.94 bits per heavy atom. The van der Waals surface area contributed by atoms with Crippen molar-refractivity contribution in [1.29, 1.82) is 0 Å². The number of halogens is 1. The molecule has 0 bridgehead atoms. The van der Waals surface area contributed by atoms with Gasteiger partial charge in [0.25, 0.3) is 0 Å². The highest BCUT2D eigenvalue weighted by Gasteiger charge is 2.17. The number of benzene rings is 1. The molecule has 0 atom stereocenters. The molecular weight excluding hydrogens is 296 g/mol. The molecule has 0 unspecified atom stereocenters. The van der Waals surface area contributed by atoms with Gasteiger partial charge in [0.2, 0.25) is 0 Å². The Morgan fingerprint density at radius 3 is 2.44 bits per heavy atom. The molecule has 0 saturated carbocycles. The summed E-state index contributed by atoms with van der Waals surface area (Å²) in [5.41, 5.74) is 2.91. The van der Waals surface area contributed by atoms with Gasteiger partial charge in [0.15, 0.2) is 0 Å². The monoisotopic (exact) mass is 310 g/mol. The van der Waals surface area contributed by atoms with Crippen LogP contribution in [0.4, 0.5) is 0 Å². The van der Waals surface area contributed by atoms with Crippen molar-refractivity contribution in [2.75, 3.05) is 14.2 Å². The van der Waals surface area contributed by atoms with Crippen LogP contribution in [0.25, 0.3) is 11.3 Å². The van der Waals surface area contributed by atoms with Crippen molar-refractivity contribution in [3.8, 4) is 22.8 Å². The summed E-state index contributed by atoms with van der Waals surface area (Å²) < 4.78 is 13.5. The van der Waals surface area contributed by atoms with E-state index in [0.717, 1.165) is 32.9 Å². The van der Waals surface area contributed by atoms with Gasteiger partial charge >= 0.3 is 0 Å². The lowest BCUT2D eigenvalue weighted by atomic mass is 10.0. The lowest BCUT2D eigenvalue weighted by molar-refractivity contribution is 0.395. The second-order valence-corrected chi connectivity index (χ2v) is 4.77. The molecule has 96 valence electrons. The predicted molar refractivity (Wildman–Crippen MR) is 74.2 cm³/mol. The molecule has 1 aromatic carbocycles. The molecular formula is C13H15BrN2O2. The van der Waals surface area contributed by atoms with Crippen LogP contribution in [0.1, 0.15) is 5.56 Å². The molecule has 5 heteroatoms. The van der Waals surface area contributed by atoms with Crippen LogP contribution >= 0.6 is 15.9 Å². The van der Waals surface area contributed by atoms with Crippen LogP contribution in [0.5, 0.6) is 11.5 Å². The summed E-state index contributed by atoms with van der Waals surface area (Å²) in [6.45, 7) is 2.02. The van der Waals surface area contributed by atoms with E-state index < -0.39 is 0 Å². The smallest absolute Gasteiger partial charge is 0.132 e. The quantitative estimate of drug-likeness (QED) is 0.873. The summed E-state index contributed by atoms with van der Waals surface area (Å²) in [6, 6.07) is 3.84. The normalized spacial score (nSPS) is 10.5. The third-order valence-corrected chi connectivity index (χ3v) is 3.77. The molecule has 0 fully saturated rings. The number of imidazole rings is 1. The minimum atomic E-state index is 0.756. The summed E-state index contributed by atoms with van der Waals surface area (Å²) in [5.74, 6) is 1.53. The minimum absolute atomic E-state index is 0.756. The molecule has 0 aliphatic heterocycles. The van der Waals surface area contributed by atoms with Crippen molar-refractivity contribution in [3.05, 3.63) is 28.6 Å². The average molecular weight is 311 g/mol. The summed E-state index contributed by atoms with van der Waals surface area (Å²) >= 11 is 3.53. The summed E-state index contributed by atoms with van der Waals surface area (Å²) in [4.78, 5) is 4.41. The first-order valence-corrected chi connectivity index (χ1v) is 6.27. The second-order valence-electron chi connectivity index (χ2n) is 4.02. The van der Waals surface area contributed by atoms with E-state index >= 15 is 0 Å². The van der Waals surface area contributed by atoms with Crippen molar-refractivity contribution in [1.82, 2.24) is 9.55 Å². The average Bonchev–Trinajstić information content (AvgIpc) is 2.69. The van der Waals surface area contributed by atoms with E-state index in [4.69, 9.17) is 9.47 Å². The van der Waals surface area contributed by atoms with Crippen LogP contribution in [-0.4, -0.2) is 23.8 Å². The molecule has 0 saturated heterocycles. The number of hydrogen-bond acceptors (Lipinski definition) is 3. The Morgan fingerprint density at radius 1 is 1.22 bits per heavy atom. The van der Waals surface area contributed by atoms with E-state index in [2.05, 4.69) is 20.9 Å². The topological polar surface area (TPSA) is 36.3 Å². The SMILES string of the molecule is COc1cc(C)c(-c2ncn(C)c2Br)c(OC)c1. The summed E-state index contributed by atoms with van der Waals surface area (Å²) in [6.07, 6.45) is 1.77. The van der Waals surface area contributed by atoms with Crippen molar-refractivity contribution in [2.24, 2.45) is 7.05 Å². The summed E-state index contributed by atoms with van der Waals surface area (Å²) in [7, 11) is 5.23. The molecule has 1 heterocycles. The second kappa shape index (κ2) is 5.02. The molecule has 0 aliphatic carbocycles. The third-order valence-electron chi connectivity index (χ3n) is 2.83. The Bertz CT molecular complexity index is 579. The molecule has 4 nitrogen and oxygen atoms in total. The lowest BCUT2D eigenvalue weighted by Crippen LogP contribution is -1.95. The summed E-state index contributed by atoms with van der Waals surface area (Å²) in [5, 5.41) is 0. The van der Waals surface area contributed by atoms with Gasteiger partial charge in [0.1, 0.15) is 21.8 Å². The third kappa shape index (κ3) is 2.10. The number of aryl methyl sites for hydroxylation is 2. The fourth-order valence-corrected chi connectivity index (χ4v) is 2.28. The number of ether oxygens (including phenoxy) is 2. The molecule has 18 heavy (non-hydrogen) atoms. The van der Waals surface area contributed by atoms with E-state index in [1.54, 1.807) is 20.5 Å². The van der Waals surface area contributed by atoms with Crippen LogP contribution in [0.2, 0.25) is 0 Å². The number of aromatic nitrogens is 2. The minimum Gasteiger partial charge on any atom is -0.497 e. The zero-order valence-electron chi connectivity index (χ0n) is 10.8. The van der Waals surface area contributed by atoms with Crippen LogP contribution in [0.15, 0.2) is 23.1 Å². The van der Waals surface area contributed by atoms with Crippen LogP contribution in [-0.2, 0) is 7.05 Å². The highest BCUT2D eigenvalue weighted by Crippen LogP contribution is 2.38. The fraction of sp³-hybridized carbons (Fsp3) is 0.308. The van der Waals surface area contributed by atoms with Crippen LogP contribution in [0, 0.1) is 6.92 Å². The van der Waals surface area contributed by atoms with Gasteiger partial charge in [-0.3, -0.25) is 0 Å². The number of rotatable bonds is 3. The van der Waals surface area contributed by atoms with Gasteiger partial charge in [-0.15, -0.1) is 0 Å². The zero-order chi connectivity index (χ0) is 13.3. The maximum absolute atomic E-state index is 5.44. The lowest BCUT2D eigenvalue weighted by Gasteiger charge is -2.12. The first-order chi connectivity index (χ1) is 8.58. The fourth-order valence-electron chi connectivity index (χ4n) is 1.89. The van der Waals surface area contributed by atoms with E-state index in [9.17, 15) is 0 Å². The first-order valence-electron chi connectivity index (χ1n) is 5.48. The van der Waals surface area contributed by atoms with Crippen LogP contribution < -0.4 is 9.47 Å². The van der Waals surface area contributed by atoms with E-state index in [1.807, 2.05) is 30.7 Å². The van der Waals surface area contributed by atoms with Gasteiger partial charge < -0.3 is 14.0 Å². The van der Waals surface area contributed by atoms with Crippen LogP contribution in [0.3, 0.4) is 0 Å². The molecule has 0 spiro atoms. The highest BCUT2D eigenvalue weighted by molar-refractivity contribution is 9.10. The Labute approximate surface area is 115 Å². The molecule has 0 amide bonds. The molecule has 2 rings (SSSR count). The number of methoxy groups -OCH3 is 2. The number of nitrogens with zero attached hydrogens (tertiary/aromatic N) is 2. The van der Waals surface area contributed by atoms with Crippen molar-refractivity contribution in [3.63, 3.8) is 0 Å². The Hall–Kier alpha value is -1.49. The molecule has 2 aromatic rings. The standard InChI is InChI=1S/C13H15BrN2O2/c1-8-5-9(17-3)6-10(18-4)11(8)12-13(14)16(2)7-15-12/h5-7H,1-4H3. The Balaban J connectivity index is 2.67. The van der Waals surface area contributed by atoms with Gasteiger partial charge in [-0.2, -0.15) is 0 Å².